The summed E-state index contributed by atoms with van der Waals surface area (Å²) < 4.78 is 33.9. The van der Waals surface area contributed by atoms with E-state index in [-0.39, 0.29) is 26.1 Å². The highest BCUT2D eigenvalue weighted by Crippen LogP contribution is 2.38. The lowest BCUT2D eigenvalue weighted by molar-refractivity contribution is -0.870. The Balaban J connectivity index is 4.36. The van der Waals surface area contributed by atoms with Crippen LogP contribution in [0.5, 0.6) is 0 Å². The van der Waals surface area contributed by atoms with Crippen LogP contribution in [0.3, 0.4) is 0 Å². The molecule has 54 heavy (non-hydrogen) atoms. The first-order valence-electron chi connectivity index (χ1n) is 22.0. The van der Waals surface area contributed by atoms with Gasteiger partial charge in [-0.3, -0.25) is 14.2 Å². The Morgan fingerprint density at radius 2 is 1.04 bits per heavy atom. The second-order valence-corrected chi connectivity index (χ2v) is 17.6. The number of rotatable bonds is 41. The summed E-state index contributed by atoms with van der Waals surface area (Å²) in [4.78, 5) is 37.5. The van der Waals surface area contributed by atoms with Gasteiger partial charge in [0.2, 0.25) is 0 Å². The van der Waals surface area contributed by atoms with E-state index in [1.165, 1.54) is 116 Å². The van der Waals surface area contributed by atoms with Crippen LogP contribution in [0.4, 0.5) is 0 Å². The van der Waals surface area contributed by atoms with Gasteiger partial charge in [-0.15, -0.1) is 6.58 Å². The zero-order chi connectivity index (χ0) is 40.0. The van der Waals surface area contributed by atoms with Gasteiger partial charge in [-0.1, -0.05) is 147 Å². The molecule has 0 saturated heterocycles. The Morgan fingerprint density at radius 1 is 0.611 bits per heavy atom. The average molecular weight is 786 g/mol. The van der Waals surface area contributed by atoms with Gasteiger partial charge in [-0.25, -0.2) is 0 Å². The summed E-state index contributed by atoms with van der Waals surface area (Å²) in [6.07, 6.45) is 38.1. The summed E-state index contributed by atoms with van der Waals surface area (Å²) in [6.45, 7) is 5.73. The van der Waals surface area contributed by atoms with E-state index in [2.05, 4.69) is 25.7 Å². The number of quaternary nitrogens is 1. The number of hydrogen-bond donors (Lipinski definition) is 0. The summed E-state index contributed by atoms with van der Waals surface area (Å²) >= 11 is 0. The van der Waals surface area contributed by atoms with Crippen LogP contribution in [0.1, 0.15) is 193 Å². The molecule has 1 unspecified atom stereocenters. The van der Waals surface area contributed by atoms with Gasteiger partial charge in [0.05, 0.1) is 27.7 Å². The highest BCUT2D eigenvalue weighted by molar-refractivity contribution is 7.45. The van der Waals surface area contributed by atoms with Crippen LogP contribution >= 0.6 is 7.82 Å². The van der Waals surface area contributed by atoms with Crippen LogP contribution in [0.15, 0.2) is 24.8 Å². The maximum atomic E-state index is 12.7. The van der Waals surface area contributed by atoms with Crippen molar-refractivity contribution in [2.45, 2.75) is 199 Å². The summed E-state index contributed by atoms with van der Waals surface area (Å²) in [6, 6.07) is 0. The van der Waals surface area contributed by atoms with E-state index in [0.29, 0.717) is 23.9 Å². The Morgan fingerprint density at radius 3 is 1.54 bits per heavy atom. The van der Waals surface area contributed by atoms with Crippen LogP contribution in [0.2, 0.25) is 0 Å². The van der Waals surface area contributed by atoms with Crippen molar-refractivity contribution in [3.05, 3.63) is 24.8 Å². The van der Waals surface area contributed by atoms with Gasteiger partial charge in [0.25, 0.3) is 7.82 Å². The molecule has 0 aliphatic rings. The minimum Gasteiger partial charge on any atom is -0.756 e. The monoisotopic (exact) mass is 786 g/mol. The van der Waals surface area contributed by atoms with E-state index in [9.17, 15) is 19.0 Å². The van der Waals surface area contributed by atoms with E-state index in [4.69, 9.17) is 18.5 Å². The molecule has 0 radical (unpaired) electrons. The first-order valence-corrected chi connectivity index (χ1v) is 23.5. The normalized spacial score (nSPS) is 13.6. The van der Waals surface area contributed by atoms with Crippen molar-refractivity contribution in [3.63, 3.8) is 0 Å². The first kappa shape index (κ1) is 52.5. The Labute approximate surface area is 332 Å². The molecule has 0 aromatic rings. The van der Waals surface area contributed by atoms with E-state index in [1.807, 2.05) is 27.2 Å². The highest BCUT2D eigenvalue weighted by atomic mass is 31.2. The molecule has 0 aromatic heterocycles. The highest BCUT2D eigenvalue weighted by Gasteiger charge is 2.21. The van der Waals surface area contributed by atoms with Crippen molar-refractivity contribution in [2.75, 3.05) is 47.5 Å². The number of phosphoric acid groups is 1. The molecule has 0 N–H and O–H groups in total. The van der Waals surface area contributed by atoms with Gasteiger partial charge in [0.1, 0.15) is 19.8 Å². The number of ether oxygens (including phenoxy) is 2. The molecule has 2 atom stereocenters. The fourth-order valence-corrected chi connectivity index (χ4v) is 6.83. The van der Waals surface area contributed by atoms with Crippen molar-refractivity contribution in [1.82, 2.24) is 0 Å². The fourth-order valence-electron chi connectivity index (χ4n) is 6.10. The van der Waals surface area contributed by atoms with Crippen LogP contribution in [-0.4, -0.2) is 70.0 Å². The number of carbonyl (C=O) groups excluding carboxylic acids is 2. The van der Waals surface area contributed by atoms with Crippen molar-refractivity contribution >= 4 is 19.8 Å². The van der Waals surface area contributed by atoms with Gasteiger partial charge < -0.3 is 27.9 Å². The number of allylic oxidation sites excluding steroid dienone is 3. The van der Waals surface area contributed by atoms with Crippen LogP contribution in [0.25, 0.3) is 0 Å². The number of nitrogens with zero attached hydrogens (tertiary/aromatic N) is 1. The molecule has 0 aliphatic heterocycles. The smallest absolute Gasteiger partial charge is 0.306 e. The zero-order valence-corrected chi connectivity index (χ0v) is 36.4. The Kier molecular flexibility index (Phi) is 36.1. The molecule has 10 heteroatoms. The molecule has 0 aliphatic carbocycles. The van der Waals surface area contributed by atoms with Crippen LogP contribution in [0, 0.1) is 0 Å². The van der Waals surface area contributed by atoms with Crippen molar-refractivity contribution < 1.29 is 42.1 Å². The van der Waals surface area contributed by atoms with Gasteiger partial charge >= 0.3 is 11.9 Å². The largest absolute Gasteiger partial charge is 0.756 e. The topological polar surface area (TPSA) is 111 Å². The minimum absolute atomic E-state index is 0.0329. The molecule has 0 saturated carbocycles. The van der Waals surface area contributed by atoms with E-state index in [1.54, 1.807) is 0 Å². The maximum absolute atomic E-state index is 12.7. The molecule has 9 nitrogen and oxygen atoms in total. The molecule has 0 aromatic carbocycles. The maximum Gasteiger partial charge on any atom is 0.306 e. The summed E-state index contributed by atoms with van der Waals surface area (Å²) in [5.41, 5.74) is 0. The van der Waals surface area contributed by atoms with Crippen molar-refractivity contribution in [3.8, 4) is 0 Å². The van der Waals surface area contributed by atoms with Crippen LogP contribution < -0.4 is 4.89 Å². The van der Waals surface area contributed by atoms with Crippen LogP contribution in [-0.2, 0) is 32.7 Å². The summed E-state index contributed by atoms with van der Waals surface area (Å²) in [5.74, 6) is -0.858. The Bertz CT molecular complexity index is 967. The summed E-state index contributed by atoms with van der Waals surface area (Å²) in [7, 11) is 1.16. The number of likely N-dealkylation sites (N-methyl/N-ethyl adjacent to an activating group) is 1. The van der Waals surface area contributed by atoms with E-state index >= 15 is 0 Å². The van der Waals surface area contributed by atoms with Gasteiger partial charge in [0.15, 0.2) is 6.10 Å². The third kappa shape index (κ3) is 40.2. The van der Waals surface area contributed by atoms with Gasteiger partial charge in [-0.05, 0) is 51.4 Å². The molecule has 0 heterocycles. The predicted molar refractivity (Wildman–Crippen MR) is 222 cm³/mol. The SMILES string of the molecule is C=CCCCCCCCCCCCCCCCC(=O)O[C@H](COC(=O)CCCC/C=C/CCCCCCCCCCC)COP(=O)([O-])OCC[N+](C)(C)C. The minimum atomic E-state index is -4.62. The molecule has 0 bridgehead atoms. The lowest BCUT2D eigenvalue weighted by Crippen LogP contribution is -2.37. The second kappa shape index (κ2) is 37.1. The number of esters is 2. The molecule has 0 amide bonds. The van der Waals surface area contributed by atoms with E-state index in [0.717, 1.165) is 44.9 Å². The molecule has 0 spiro atoms. The molecule has 318 valence electrons. The predicted octanol–water partition coefficient (Wildman–Crippen LogP) is 11.7. The second-order valence-electron chi connectivity index (χ2n) is 16.1. The third-order valence-electron chi connectivity index (χ3n) is 9.59. The average Bonchev–Trinajstić information content (AvgIpc) is 3.12. The molecular weight excluding hydrogens is 701 g/mol. The molecular formula is C44H84NO8P. The van der Waals surface area contributed by atoms with Crippen molar-refractivity contribution in [1.29, 1.82) is 0 Å². The summed E-state index contributed by atoms with van der Waals surface area (Å²) in [5, 5.41) is 0. The first-order chi connectivity index (χ1) is 26.0. The third-order valence-corrected chi connectivity index (χ3v) is 10.6. The quantitative estimate of drug-likeness (QED) is 0.0198. The van der Waals surface area contributed by atoms with E-state index < -0.39 is 32.5 Å². The lowest BCUT2D eigenvalue weighted by Gasteiger charge is -2.28. The molecule has 0 rings (SSSR count). The lowest BCUT2D eigenvalue weighted by atomic mass is 10.0. The van der Waals surface area contributed by atoms with Gasteiger partial charge in [0, 0.05) is 12.8 Å². The number of carbonyl (C=O) groups is 2. The zero-order valence-electron chi connectivity index (χ0n) is 35.5. The molecule has 0 fully saturated rings. The number of phosphoric ester groups is 1. The van der Waals surface area contributed by atoms with Crippen molar-refractivity contribution in [2.24, 2.45) is 0 Å². The Hall–Kier alpha value is -1.51. The van der Waals surface area contributed by atoms with Gasteiger partial charge in [-0.2, -0.15) is 0 Å². The number of unbranched alkanes of at least 4 members (excludes halogenated alkanes) is 24. The number of hydrogen-bond acceptors (Lipinski definition) is 8. The standard InChI is InChI=1S/C44H84NO8P/c1-6-8-10-12-14-16-18-20-22-24-26-28-30-32-34-36-43(46)50-40-42(41-52-54(48,49)51-39-38-45(3,4)5)53-44(47)37-35-33-31-29-27-25-23-21-19-17-15-13-11-9-7-2/h7,26,28,42H,2,6,8-25,27,29-41H2,1,3-5H3/b28-26+/t42-/m1/s1. The fraction of sp³-hybridized carbons (Fsp3) is 0.864.